The molecular formula is C66H125NO3. The van der Waals surface area contributed by atoms with Crippen LogP contribution in [0.4, 0.5) is 0 Å². The van der Waals surface area contributed by atoms with E-state index in [1.807, 2.05) is 6.08 Å². The van der Waals surface area contributed by atoms with Crippen LogP contribution >= 0.6 is 0 Å². The molecule has 4 nitrogen and oxygen atoms in total. The number of nitrogens with one attached hydrogen (secondary N) is 1. The number of rotatable bonds is 59. The van der Waals surface area contributed by atoms with Gasteiger partial charge >= 0.3 is 0 Å². The van der Waals surface area contributed by atoms with Crippen LogP contribution in [0.3, 0.4) is 0 Å². The smallest absolute Gasteiger partial charge is 0.220 e. The van der Waals surface area contributed by atoms with Crippen LogP contribution in [0.15, 0.2) is 48.6 Å². The highest BCUT2D eigenvalue weighted by Gasteiger charge is 2.18. The van der Waals surface area contributed by atoms with Gasteiger partial charge in [0.05, 0.1) is 18.8 Å². The van der Waals surface area contributed by atoms with Gasteiger partial charge in [0.15, 0.2) is 0 Å². The summed E-state index contributed by atoms with van der Waals surface area (Å²) in [5, 5.41) is 23.2. The number of hydrogen-bond donors (Lipinski definition) is 3. The average Bonchev–Trinajstić information content (AvgIpc) is 3.36. The van der Waals surface area contributed by atoms with E-state index in [0.717, 1.165) is 38.5 Å². The fourth-order valence-corrected chi connectivity index (χ4v) is 9.96. The maximum absolute atomic E-state index is 12.5. The largest absolute Gasteiger partial charge is 0.394 e. The maximum Gasteiger partial charge on any atom is 0.220 e. The van der Waals surface area contributed by atoms with Crippen molar-refractivity contribution in [2.24, 2.45) is 0 Å². The number of unbranched alkanes of at least 4 members (excludes halogenated alkanes) is 46. The second-order valence-electron chi connectivity index (χ2n) is 21.8. The van der Waals surface area contributed by atoms with E-state index >= 15 is 0 Å². The van der Waals surface area contributed by atoms with Gasteiger partial charge in [0.2, 0.25) is 5.91 Å². The molecule has 2 atom stereocenters. The van der Waals surface area contributed by atoms with Crippen molar-refractivity contribution < 1.29 is 15.0 Å². The molecule has 0 aromatic rings. The highest BCUT2D eigenvalue weighted by Crippen LogP contribution is 2.18. The van der Waals surface area contributed by atoms with Crippen LogP contribution < -0.4 is 5.32 Å². The summed E-state index contributed by atoms with van der Waals surface area (Å²) in [6.45, 7) is 4.33. The van der Waals surface area contributed by atoms with Crippen molar-refractivity contribution in [3.05, 3.63) is 48.6 Å². The molecule has 0 rings (SSSR count). The van der Waals surface area contributed by atoms with E-state index < -0.39 is 12.1 Å². The number of aliphatic hydroxyl groups excluding tert-OH is 2. The Bertz CT molecular complexity index is 1110. The van der Waals surface area contributed by atoms with Gasteiger partial charge in [-0.3, -0.25) is 4.79 Å². The number of carbonyl (C=O) groups is 1. The molecule has 412 valence electrons. The van der Waals surface area contributed by atoms with E-state index in [-0.39, 0.29) is 12.5 Å². The molecule has 2 unspecified atom stereocenters. The Morgan fingerprint density at radius 3 is 0.871 bits per heavy atom. The summed E-state index contributed by atoms with van der Waals surface area (Å²) in [6, 6.07) is -0.622. The first-order valence-electron chi connectivity index (χ1n) is 31.9. The number of carbonyl (C=O) groups excluding carboxylic acids is 1. The van der Waals surface area contributed by atoms with Crippen LogP contribution in [-0.4, -0.2) is 34.9 Å². The summed E-state index contributed by atoms with van der Waals surface area (Å²) in [6.07, 6.45) is 85.9. The first-order valence-corrected chi connectivity index (χ1v) is 31.9. The van der Waals surface area contributed by atoms with E-state index in [2.05, 4.69) is 55.6 Å². The average molecular weight is 981 g/mol. The quantitative estimate of drug-likeness (QED) is 0.0420. The van der Waals surface area contributed by atoms with E-state index in [9.17, 15) is 15.0 Å². The molecule has 0 fully saturated rings. The van der Waals surface area contributed by atoms with Gasteiger partial charge in [-0.1, -0.05) is 332 Å². The zero-order valence-electron chi connectivity index (χ0n) is 47.6. The lowest BCUT2D eigenvalue weighted by atomic mass is 10.0. The Morgan fingerprint density at radius 2 is 0.586 bits per heavy atom. The molecule has 0 heterocycles. The van der Waals surface area contributed by atoms with Gasteiger partial charge in [-0.05, 0) is 57.8 Å². The minimum Gasteiger partial charge on any atom is -0.394 e. The van der Waals surface area contributed by atoms with Crippen molar-refractivity contribution in [3.8, 4) is 0 Å². The van der Waals surface area contributed by atoms with Crippen LogP contribution in [0.1, 0.15) is 348 Å². The SMILES string of the molecule is CCCCCCC/C=C\C/C=C\C/C=C\CCCCCCCCCCCCCCCCCCCCCCCCC(=O)NC(CO)C(O)/C=C/CCCCCCCCCCCCCCCCCCCCC. The van der Waals surface area contributed by atoms with Gasteiger partial charge in [0, 0.05) is 6.42 Å². The molecule has 0 aliphatic heterocycles. The monoisotopic (exact) mass is 980 g/mol. The summed E-state index contributed by atoms with van der Waals surface area (Å²) in [7, 11) is 0. The number of allylic oxidation sites excluding steroid dienone is 7. The minimum absolute atomic E-state index is 0.0576. The van der Waals surface area contributed by atoms with Gasteiger partial charge < -0.3 is 15.5 Å². The lowest BCUT2D eigenvalue weighted by Crippen LogP contribution is -2.45. The molecule has 0 saturated carbocycles. The van der Waals surface area contributed by atoms with Gasteiger partial charge in [0.1, 0.15) is 0 Å². The Balaban J connectivity index is 3.43. The molecule has 0 aliphatic carbocycles. The van der Waals surface area contributed by atoms with Crippen LogP contribution in [0.5, 0.6) is 0 Å². The van der Waals surface area contributed by atoms with E-state index in [1.54, 1.807) is 6.08 Å². The molecule has 1 amide bonds. The van der Waals surface area contributed by atoms with Gasteiger partial charge in [0.25, 0.3) is 0 Å². The van der Waals surface area contributed by atoms with Crippen molar-refractivity contribution in [2.75, 3.05) is 6.61 Å². The lowest BCUT2D eigenvalue weighted by molar-refractivity contribution is -0.123. The predicted octanol–water partition coefficient (Wildman–Crippen LogP) is 21.4. The molecule has 70 heavy (non-hydrogen) atoms. The second kappa shape index (κ2) is 61.6. The Kier molecular flexibility index (Phi) is 60.2. The third-order valence-electron chi connectivity index (χ3n) is 14.8. The van der Waals surface area contributed by atoms with Crippen LogP contribution in [0, 0.1) is 0 Å². The lowest BCUT2D eigenvalue weighted by Gasteiger charge is -2.20. The molecule has 0 aromatic carbocycles. The fraction of sp³-hybridized carbons (Fsp3) is 0.864. The normalized spacial score (nSPS) is 13.0. The molecule has 4 heteroatoms. The van der Waals surface area contributed by atoms with Crippen molar-refractivity contribution in [3.63, 3.8) is 0 Å². The van der Waals surface area contributed by atoms with Gasteiger partial charge in [-0.2, -0.15) is 0 Å². The van der Waals surface area contributed by atoms with Crippen molar-refractivity contribution in [2.45, 2.75) is 360 Å². The summed E-state index contributed by atoms with van der Waals surface area (Å²) in [5.41, 5.74) is 0. The molecule has 0 aliphatic rings. The molecule has 0 saturated heterocycles. The highest BCUT2D eigenvalue weighted by molar-refractivity contribution is 5.76. The minimum atomic E-state index is -0.839. The molecule has 0 spiro atoms. The summed E-state index contributed by atoms with van der Waals surface area (Å²) in [4.78, 5) is 12.5. The molecule has 3 N–H and O–H groups in total. The summed E-state index contributed by atoms with van der Waals surface area (Å²) < 4.78 is 0. The zero-order valence-corrected chi connectivity index (χ0v) is 47.6. The van der Waals surface area contributed by atoms with E-state index in [1.165, 1.54) is 289 Å². The van der Waals surface area contributed by atoms with E-state index in [0.29, 0.717) is 6.42 Å². The van der Waals surface area contributed by atoms with Crippen molar-refractivity contribution in [1.29, 1.82) is 0 Å². The Labute approximate surface area is 439 Å². The number of amides is 1. The third kappa shape index (κ3) is 57.3. The van der Waals surface area contributed by atoms with E-state index in [4.69, 9.17) is 0 Å². The molecule has 0 aromatic heterocycles. The predicted molar refractivity (Wildman–Crippen MR) is 313 cm³/mol. The van der Waals surface area contributed by atoms with Crippen LogP contribution in [0.2, 0.25) is 0 Å². The summed E-state index contributed by atoms with van der Waals surface area (Å²) in [5.74, 6) is -0.0576. The number of aliphatic hydroxyl groups is 2. The van der Waals surface area contributed by atoms with Gasteiger partial charge in [-0.15, -0.1) is 0 Å². The summed E-state index contributed by atoms with van der Waals surface area (Å²) >= 11 is 0. The Morgan fingerprint density at radius 1 is 0.343 bits per heavy atom. The third-order valence-corrected chi connectivity index (χ3v) is 14.8. The standard InChI is InChI=1S/C66H125NO3/c1-3-5-7-9-11-13-15-17-19-21-23-25-26-27-28-29-30-31-32-33-34-35-36-37-38-39-40-42-44-46-48-50-52-54-56-58-60-62-66(70)67-64(63-68)65(69)61-59-57-55-53-51-49-47-45-43-41-24-22-20-18-16-14-12-10-8-6-4-2/h15,17,21,23,26-27,59,61,64-65,68-69H,3-14,16,18-20,22,24-25,28-58,60,62-63H2,1-2H3,(H,67,70)/b17-15-,23-21-,27-26-,61-59+. The zero-order chi connectivity index (χ0) is 50.6. The number of hydrogen-bond acceptors (Lipinski definition) is 3. The topological polar surface area (TPSA) is 69.6 Å². The second-order valence-corrected chi connectivity index (χ2v) is 21.8. The maximum atomic E-state index is 12.5. The first kappa shape index (κ1) is 68.4. The molecule has 0 bridgehead atoms. The molecular weight excluding hydrogens is 855 g/mol. The van der Waals surface area contributed by atoms with Crippen molar-refractivity contribution in [1.82, 2.24) is 5.32 Å². The molecule has 0 radical (unpaired) electrons. The van der Waals surface area contributed by atoms with Gasteiger partial charge in [-0.25, -0.2) is 0 Å². The van der Waals surface area contributed by atoms with Crippen LogP contribution in [-0.2, 0) is 4.79 Å². The van der Waals surface area contributed by atoms with Crippen LogP contribution in [0.25, 0.3) is 0 Å². The van der Waals surface area contributed by atoms with Crippen molar-refractivity contribution >= 4 is 5.91 Å². The first-order chi connectivity index (χ1) is 34.7. The Hall–Kier alpha value is -1.65. The fourth-order valence-electron chi connectivity index (χ4n) is 9.96. The highest BCUT2D eigenvalue weighted by atomic mass is 16.3.